The van der Waals surface area contributed by atoms with Gasteiger partial charge in [-0.1, -0.05) is 24.6 Å². The van der Waals surface area contributed by atoms with Gasteiger partial charge >= 0.3 is 5.97 Å². The Bertz CT molecular complexity index is 433. The van der Waals surface area contributed by atoms with Gasteiger partial charge in [0.15, 0.2) is 0 Å². The topological polar surface area (TPSA) is 80.4 Å². The molecule has 0 saturated heterocycles. The van der Waals surface area contributed by atoms with Gasteiger partial charge in [0, 0.05) is 16.7 Å². The quantitative estimate of drug-likeness (QED) is 0.651. The molecule has 1 unspecified atom stereocenters. The van der Waals surface area contributed by atoms with Crippen LogP contribution >= 0.6 is 11.6 Å². The molecule has 0 radical (unpaired) electrons. The number of nitrogens with zero attached hydrogens (tertiary/aromatic N) is 1. The highest BCUT2D eigenvalue weighted by molar-refractivity contribution is 6.30. The molecule has 1 atom stereocenters. The summed E-state index contributed by atoms with van der Waals surface area (Å²) in [5.41, 5.74) is 0.241. The van der Waals surface area contributed by atoms with Gasteiger partial charge in [0.2, 0.25) is 0 Å². The molecule has 0 aliphatic rings. The van der Waals surface area contributed by atoms with E-state index in [9.17, 15) is 14.9 Å². The third-order valence-corrected chi connectivity index (χ3v) is 2.43. The Morgan fingerprint density at radius 1 is 1.62 bits per heavy atom. The Morgan fingerprint density at radius 2 is 2.25 bits per heavy atom. The Morgan fingerprint density at radius 3 is 2.75 bits per heavy atom. The van der Waals surface area contributed by atoms with Crippen LogP contribution in [0.15, 0.2) is 18.2 Å². The molecule has 1 aromatic rings. The summed E-state index contributed by atoms with van der Waals surface area (Å²) in [6.45, 7) is 1.50. The molecular weight excluding hydrogens is 234 g/mol. The number of hydrogen-bond acceptors (Lipinski definition) is 3. The summed E-state index contributed by atoms with van der Waals surface area (Å²) in [6.07, 6.45) is 0.114. The molecule has 0 fully saturated rings. The molecule has 16 heavy (non-hydrogen) atoms. The van der Waals surface area contributed by atoms with Crippen LogP contribution in [0.5, 0.6) is 0 Å². The van der Waals surface area contributed by atoms with Crippen molar-refractivity contribution in [3.8, 4) is 0 Å². The third kappa shape index (κ3) is 2.93. The minimum atomic E-state index is -0.982. The number of aliphatic carboxylic acids is 1. The van der Waals surface area contributed by atoms with E-state index in [2.05, 4.69) is 0 Å². The molecule has 0 aliphatic carbocycles. The van der Waals surface area contributed by atoms with Gasteiger partial charge in [-0.15, -0.1) is 0 Å². The summed E-state index contributed by atoms with van der Waals surface area (Å²) in [7, 11) is 0. The fourth-order valence-electron chi connectivity index (χ4n) is 1.30. The molecule has 0 saturated carbocycles. The predicted octanol–water partition coefficient (Wildman–Crippen LogP) is 2.51. The first-order valence-corrected chi connectivity index (χ1v) is 4.95. The summed E-state index contributed by atoms with van der Waals surface area (Å²) in [5, 5.41) is 19.7. The summed E-state index contributed by atoms with van der Waals surface area (Å²) in [5.74, 6) is -1.65. The van der Waals surface area contributed by atoms with Gasteiger partial charge < -0.3 is 5.11 Å². The van der Waals surface area contributed by atoms with Crippen LogP contribution in [0.1, 0.15) is 12.5 Å². The van der Waals surface area contributed by atoms with Crippen LogP contribution in [-0.2, 0) is 11.2 Å². The second kappa shape index (κ2) is 4.94. The fraction of sp³-hybridized carbons (Fsp3) is 0.300. The first kappa shape index (κ1) is 12.4. The number of carboxylic acids is 1. The molecule has 1 N–H and O–H groups in total. The molecule has 6 heteroatoms. The number of nitro groups is 1. The normalized spacial score (nSPS) is 12.1. The summed E-state index contributed by atoms with van der Waals surface area (Å²) in [6, 6.07) is 4.23. The smallest absolute Gasteiger partial charge is 0.306 e. The van der Waals surface area contributed by atoms with Crippen LogP contribution < -0.4 is 0 Å². The Labute approximate surface area is 96.8 Å². The Hall–Kier alpha value is -1.62. The van der Waals surface area contributed by atoms with Gasteiger partial charge in [-0.3, -0.25) is 14.9 Å². The molecule has 1 rings (SSSR count). The number of benzene rings is 1. The van der Waals surface area contributed by atoms with E-state index in [1.54, 1.807) is 0 Å². The van der Waals surface area contributed by atoms with Gasteiger partial charge in [-0.05, 0) is 12.5 Å². The highest BCUT2D eigenvalue weighted by atomic mass is 35.5. The van der Waals surface area contributed by atoms with Crippen LogP contribution in [0.25, 0.3) is 0 Å². The summed E-state index contributed by atoms with van der Waals surface area (Å²) < 4.78 is 0. The van der Waals surface area contributed by atoms with E-state index in [1.807, 2.05) is 0 Å². The average Bonchev–Trinajstić information content (AvgIpc) is 2.20. The fourth-order valence-corrected chi connectivity index (χ4v) is 1.46. The van der Waals surface area contributed by atoms with Crippen LogP contribution in [0.4, 0.5) is 5.69 Å². The van der Waals surface area contributed by atoms with Gasteiger partial charge in [0.25, 0.3) is 5.69 Å². The summed E-state index contributed by atoms with van der Waals surface area (Å²) in [4.78, 5) is 20.8. The van der Waals surface area contributed by atoms with Crippen molar-refractivity contribution in [2.45, 2.75) is 13.3 Å². The molecule has 0 heterocycles. The standard InChI is InChI=1S/C10H10ClNO4/c1-6(10(13)14)4-7-2-3-8(11)5-9(7)12(15)16/h2-3,5-6H,4H2,1H3,(H,13,14). The zero-order chi connectivity index (χ0) is 12.3. The molecule has 0 aromatic heterocycles. The van der Waals surface area contributed by atoms with Crippen molar-refractivity contribution < 1.29 is 14.8 Å². The largest absolute Gasteiger partial charge is 0.481 e. The van der Waals surface area contributed by atoms with E-state index in [0.29, 0.717) is 5.56 Å². The summed E-state index contributed by atoms with van der Waals surface area (Å²) >= 11 is 5.64. The van der Waals surface area contributed by atoms with Crippen molar-refractivity contribution in [1.82, 2.24) is 0 Å². The Balaban J connectivity index is 3.04. The second-order valence-electron chi connectivity index (χ2n) is 3.47. The maximum Gasteiger partial charge on any atom is 0.306 e. The molecule has 0 bridgehead atoms. The molecule has 5 nitrogen and oxygen atoms in total. The van der Waals surface area contributed by atoms with Crippen LogP contribution in [0.3, 0.4) is 0 Å². The minimum absolute atomic E-state index is 0.114. The van der Waals surface area contributed by atoms with Gasteiger partial charge in [0.05, 0.1) is 10.8 Å². The Kier molecular flexibility index (Phi) is 3.84. The van der Waals surface area contributed by atoms with Gasteiger partial charge in [-0.2, -0.15) is 0 Å². The molecule has 0 aliphatic heterocycles. The highest BCUT2D eigenvalue weighted by Crippen LogP contribution is 2.25. The zero-order valence-electron chi connectivity index (χ0n) is 8.51. The molecular formula is C10H10ClNO4. The third-order valence-electron chi connectivity index (χ3n) is 2.19. The van der Waals surface area contributed by atoms with E-state index in [4.69, 9.17) is 16.7 Å². The lowest BCUT2D eigenvalue weighted by atomic mass is 10.00. The second-order valence-corrected chi connectivity index (χ2v) is 3.91. The maximum absolute atomic E-state index is 10.7. The SMILES string of the molecule is CC(Cc1ccc(Cl)cc1[N+](=O)[O-])C(=O)O. The van der Waals surface area contributed by atoms with Gasteiger partial charge in [0.1, 0.15) is 0 Å². The first-order chi connectivity index (χ1) is 7.41. The van der Waals surface area contributed by atoms with E-state index in [0.717, 1.165) is 0 Å². The van der Waals surface area contributed by atoms with E-state index in [1.165, 1.54) is 25.1 Å². The van der Waals surface area contributed by atoms with Crippen molar-refractivity contribution in [2.24, 2.45) is 5.92 Å². The number of halogens is 1. The maximum atomic E-state index is 10.7. The molecule has 86 valence electrons. The van der Waals surface area contributed by atoms with E-state index in [-0.39, 0.29) is 17.1 Å². The number of hydrogen-bond donors (Lipinski definition) is 1. The van der Waals surface area contributed by atoms with Crippen LogP contribution in [0.2, 0.25) is 5.02 Å². The van der Waals surface area contributed by atoms with Crippen molar-refractivity contribution >= 4 is 23.3 Å². The van der Waals surface area contributed by atoms with Crippen molar-refractivity contribution in [3.05, 3.63) is 38.9 Å². The first-order valence-electron chi connectivity index (χ1n) is 4.57. The van der Waals surface area contributed by atoms with Crippen molar-refractivity contribution in [2.75, 3.05) is 0 Å². The minimum Gasteiger partial charge on any atom is -0.481 e. The monoisotopic (exact) mass is 243 g/mol. The van der Waals surface area contributed by atoms with E-state index >= 15 is 0 Å². The predicted molar refractivity (Wildman–Crippen MR) is 58.6 cm³/mol. The number of carboxylic acid groups (broad SMARTS) is 1. The highest BCUT2D eigenvalue weighted by Gasteiger charge is 2.19. The van der Waals surface area contributed by atoms with Crippen LogP contribution in [0, 0.1) is 16.0 Å². The van der Waals surface area contributed by atoms with Crippen LogP contribution in [-0.4, -0.2) is 16.0 Å². The van der Waals surface area contributed by atoms with Crippen molar-refractivity contribution in [1.29, 1.82) is 0 Å². The van der Waals surface area contributed by atoms with Gasteiger partial charge in [-0.25, -0.2) is 0 Å². The number of carbonyl (C=O) groups is 1. The zero-order valence-corrected chi connectivity index (χ0v) is 9.27. The lowest BCUT2D eigenvalue weighted by molar-refractivity contribution is -0.385. The van der Waals surface area contributed by atoms with E-state index < -0.39 is 16.8 Å². The van der Waals surface area contributed by atoms with Crippen molar-refractivity contribution in [3.63, 3.8) is 0 Å². The number of rotatable bonds is 4. The number of nitro benzene ring substituents is 1. The molecule has 0 amide bonds. The molecule has 0 spiro atoms. The average molecular weight is 244 g/mol. The lowest BCUT2D eigenvalue weighted by Gasteiger charge is -2.06. The molecule has 1 aromatic carbocycles. The lowest BCUT2D eigenvalue weighted by Crippen LogP contribution is -2.13.